The van der Waals surface area contributed by atoms with Crippen molar-refractivity contribution in [2.24, 2.45) is 0 Å². The van der Waals surface area contributed by atoms with E-state index in [1.807, 2.05) is 0 Å². The minimum Gasteiger partial charge on any atom is -0.356 e. The maximum absolute atomic E-state index is 5.96. The van der Waals surface area contributed by atoms with Gasteiger partial charge in [-0.05, 0) is 43.7 Å². The van der Waals surface area contributed by atoms with Crippen LogP contribution in [0.15, 0.2) is 0 Å². The Bertz CT molecular complexity index is 386. The van der Waals surface area contributed by atoms with Crippen LogP contribution in [0.2, 0.25) is 5.28 Å². The van der Waals surface area contributed by atoms with Gasteiger partial charge in [-0.2, -0.15) is 0 Å². The summed E-state index contributed by atoms with van der Waals surface area (Å²) in [5.41, 5.74) is 2.53. The third-order valence-corrected chi connectivity index (χ3v) is 3.46. The Morgan fingerprint density at radius 3 is 2.60 bits per heavy atom. The number of hydrogen-bond donors (Lipinski definition) is 0. The van der Waals surface area contributed by atoms with Crippen LogP contribution >= 0.6 is 11.6 Å². The molecule has 0 radical (unpaired) electrons. The van der Waals surface area contributed by atoms with Gasteiger partial charge in [-0.1, -0.05) is 0 Å². The van der Waals surface area contributed by atoms with Crippen molar-refractivity contribution in [3.05, 3.63) is 16.5 Å². The Morgan fingerprint density at radius 2 is 1.80 bits per heavy atom. The van der Waals surface area contributed by atoms with Crippen LogP contribution in [0.25, 0.3) is 0 Å². The number of nitrogens with zero attached hydrogens (tertiary/aromatic N) is 3. The van der Waals surface area contributed by atoms with Crippen LogP contribution in [-0.4, -0.2) is 23.1 Å². The molecular formula is C11H14ClN3. The molecule has 0 saturated carbocycles. The summed E-state index contributed by atoms with van der Waals surface area (Å²) in [7, 11) is 0. The zero-order valence-electron chi connectivity index (χ0n) is 8.67. The van der Waals surface area contributed by atoms with Crippen molar-refractivity contribution in [2.45, 2.75) is 32.1 Å². The van der Waals surface area contributed by atoms with Crippen molar-refractivity contribution in [1.82, 2.24) is 9.97 Å². The lowest BCUT2D eigenvalue weighted by Crippen LogP contribution is -2.21. The zero-order chi connectivity index (χ0) is 10.3. The highest BCUT2D eigenvalue weighted by Crippen LogP contribution is 2.31. The molecule has 1 aromatic rings. The monoisotopic (exact) mass is 223 g/mol. The average Bonchev–Trinajstić information content (AvgIpc) is 2.86. The van der Waals surface area contributed by atoms with E-state index in [0.29, 0.717) is 5.28 Å². The first-order valence-corrected chi connectivity index (χ1v) is 6.02. The molecule has 80 valence electrons. The lowest BCUT2D eigenvalue weighted by molar-refractivity contribution is 0.891. The molecule has 0 bridgehead atoms. The van der Waals surface area contributed by atoms with Crippen molar-refractivity contribution in [3.8, 4) is 0 Å². The van der Waals surface area contributed by atoms with Gasteiger partial charge in [0, 0.05) is 18.7 Å². The number of aromatic nitrogens is 2. The summed E-state index contributed by atoms with van der Waals surface area (Å²) >= 11 is 5.96. The van der Waals surface area contributed by atoms with Crippen LogP contribution in [0, 0.1) is 0 Å². The van der Waals surface area contributed by atoms with Gasteiger partial charge in [0.1, 0.15) is 5.82 Å². The van der Waals surface area contributed by atoms with Crippen molar-refractivity contribution >= 4 is 17.4 Å². The SMILES string of the molecule is Clc1nc2c(c(N3CCCC3)n1)CCC2. The topological polar surface area (TPSA) is 29.0 Å². The second kappa shape index (κ2) is 3.63. The lowest BCUT2D eigenvalue weighted by Gasteiger charge is -2.19. The summed E-state index contributed by atoms with van der Waals surface area (Å²) in [6.07, 6.45) is 5.94. The Hall–Kier alpha value is -0.830. The fourth-order valence-corrected chi connectivity index (χ4v) is 2.76. The van der Waals surface area contributed by atoms with E-state index in [1.165, 1.54) is 30.5 Å². The van der Waals surface area contributed by atoms with E-state index >= 15 is 0 Å². The number of halogens is 1. The van der Waals surface area contributed by atoms with Crippen molar-refractivity contribution in [1.29, 1.82) is 0 Å². The van der Waals surface area contributed by atoms with E-state index in [0.717, 1.165) is 31.7 Å². The molecular weight excluding hydrogens is 210 g/mol. The third-order valence-electron chi connectivity index (χ3n) is 3.29. The van der Waals surface area contributed by atoms with Gasteiger partial charge in [-0.3, -0.25) is 0 Å². The fourth-order valence-electron chi connectivity index (χ4n) is 2.57. The normalized spacial score (nSPS) is 19.7. The predicted molar refractivity (Wildman–Crippen MR) is 60.5 cm³/mol. The zero-order valence-corrected chi connectivity index (χ0v) is 9.43. The van der Waals surface area contributed by atoms with Gasteiger partial charge in [0.2, 0.25) is 5.28 Å². The molecule has 0 atom stereocenters. The molecule has 3 rings (SSSR count). The maximum Gasteiger partial charge on any atom is 0.224 e. The first kappa shape index (κ1) is 9.40. The van der Waals surface area contributed by atoms with E-state index in [9.17, 15) is 0 Å². The quantitative estimate of drug-likeness (QED) is 0.684. The molecule has 4 heteroatoms. The highest BCUT2D eigenvalue weighted by molar-refractivity contribution is 6.28. The van der Waals surface area contributed by atoms with Crippen molar-refractivity contribution in [3.63, 3.8) is 0 Å². The van der Waals surface area contributed by atoms with E-state index < -0.39 is 0 Å². The molecule has 2 aliphatic rings. The summed E-state index contributed by atoms with van der Waals surface area (Å²) in [4.78, 5) is 11.1. The summed E-state index contributed by atoms with van der Waals surface area (Å²) in [5, 5.41) is 0.414. The van der Waals surface area contributed by atoms with Crippen LogP contribution < -0.4 is 4.90 Å². The lowest BCUT2D eigenvalue weighted by atomic mass is 10.2. The Labute approximate surface area is 94.5 Å². The first-order valence-electron chi connectivity index (χ1n) is 5.65. The first-order chi connectivity index (χ1) is 7.34. The van der Waals surface area contributed by atoms with Crippen LogP contribution in [0.5, 0.6) is 0 Å². The highest BCUT2D eigenvalue weighted by Gasteiger charge is 2.24. The van der Waals surface area contributed by atoms with Gasteiger partial charge in [0.25, 0.3) is 0 Å². The molecule has 1 aliphatic heterocycles. The molecule has 1 aromatic heterocycles. The smallest absolute Gasteiger partial charge is 0.224 e. The number of rotatable bonds is 1. The molecule has 0 spiro atoms. The molecule has 0 amide bonds. The maximum atomic E-state index is 5.96. The van der Waals surface area contributed by atoms with Gasteiger partial charge in [-0.15, -0.1) is 0 Å². The number of hydrogen-bond acceptors (Lipinski definition) is 3. The third kappa shape index (κ3) is 1.59. The summed E-state index contributed by atoms with van der Waals surface area (Å²) in [5.74, 6) is 1.11. The van der Waals surface area contributed by atoms with Crippen molar-refractivity contribution < 1.29 is 0 Å². The number of anilines is 1. The predicted octanol–water partition coefficient (Wildman–Crippen LogP) is 2.22. The molecule has 15 heavy (non-hydrogen) atoms. The van der Waals surface area contributed by atoms with Gasteiger partial charge >= 0.3 is 0 Å². The van der Waals surface area contributed by atoms with Gasteiger partial charge in [-0.25, -0.2) is 9.97 Å². The summed E-state index contributed by atoms with van der Waals surface area (Å²) < 4.78 is 0. The Balaban J connectivity index is 2.05. The Morgan fingerprint density at radius 1 is 1.00 bits per heavy atom. The fraction of sp³-hybridized carbons (Fsp3) is 0.636. The molecule has 1 aliphatic carbocycles. The minimum atomic E-state index is 0.414. The van der Waals surface area contributed by atoms with Gasteiger partial charge < -0.3 is 4.90 Å². The molecule has 0 N–H and O–H groups in total. The molecule has 3 nitrogen and oxygen atoms in total. The highest BCUT2D eigenvalue weighted by atomic mass is 35.5. The standard InChI is InChI=1S/C11H14ClN3/c12-11-13-9-5-3-4-8(9)10(14-11)15-6-1-2-7-15/h1-7H2. The molecule has 0 aromatic carbocycles. The van der Waals surface area contributed by atoms with E-state index in [-0.39, 0.29) is 0 Å². The second-order valence-corrected chi connectivity index (χ2v) is 4.63. The van der Waals surface area contributed by atoms with Gasteiger partial charge in [0.05, 0.1) is 5.69 Å². The van der Waals surface area contributed by atoms with Crippen molar-refractivity contribution in [2.75, 3.05) is 18.0 Å². The molecule has 1 saturated heterocycles. The average molecular weight is 224 g/mol. The second-order valence-electron chi connectivity index (χ2n) is 4.29. The molecule has 2 heterocycles. The van der Waals surface area contributed by atoms with E-state index in [2.05, 4.69) is 14.9 Å². The van der Waals surface area contributed by atoms with Crippen LogP contribution in [0.1, 0.15) is 30.5 Å². The van der Waals surface area contributed by atoms with Crippen LogP contribution in [-0.2, 0) is 12.8 Å². The summed E-state index contributed by atoms with van der Waals surface area (Å²) in [6.45, 7) is 2.25. The molecule has 0 unspecified atom stereocenters. The Kier molecular flexibility index (Phi) is 2.28. The van der Waals surface area contributed by atoms with E-state index in [4.69, 9.17) is 11.6 Å². The molecule has 1 fully saturated rings. The number of fused-ring (bicyclic) bond motifs is 1. The summed E-state index contributed by atoms with van der Waals surface area (Å²) in [6, 6.07) is 0. The number of aryl methyl sites for hydroxylation is 1. The minimum absolute atomic E-state index is 0.414. The van der Waals surface area contributed by atoms with Crippen LogP contribution in [0.4, 0.5) is 5.82 Å². The van der Waals surface area contributed by atoms with Crippen LogP contribution in [0.3, 0.4) is 0 Å². The van der Waals surface area contributed by atoms with Gasteiger partial charge in [0.15, 0.2) is 0 Å². The largest absolute Gasteiger partial charge is 0.356 e. The van der Waals surface area contributed by atoms with E-state index in [1.54, 1.807) is 0 Å².